The Hall–Kier alpha value is -2.41. The van der Waals surface area contributed by atoms with Crippen LogP contribution in [0, 0.1) is 0 Å². The highest BCUT2D eigenvalue weighted by molar-refractivity contribution is 5.31. The van der Waals surface area contributed by atoms with Crippen molar-refractivity contribution in [3.63, 3.8) is 0 Å². The number of hydrogen-bond donors (Lipinski definition) is 1. The first-order chi connectivity index (χ1) is 17.3. The Labute approximate surface area is 206 Å². The molecule has 0 atom stereocenters. The molecule has 0 amide bonds. The van der Waals surface area contributed by atoms with Gasteiger partial charge < -0.3 is 14.6 Å². The number of rotatable bonds is 14. The second kappa shape index (κ2) is 10.9. The normalized spacial score (nSPS) is 14.9. The highest BCUT2D eigenvalue weighted by Crippen LogP contribution is 2.64. The summed E-state index contributed by atoms with van der Waals surface area (Å²) in [4.78, 5) is 0. The Bertz CT molecular complexity index is 942. The third kappa shape index (κ3) is 5.89. The summed E-state index contributed by atoms with van der Waals surface area (Å²) in [5.41, 5.74) is 0. The summed E-state index contributed by atoms with van der Waals surface area (Å²) in [6.45, 7) is -1.56. The van der Waals surface area contributed by atoms with Crippen molar-refractivity contribution >= 4 is 0 Å². The summed E-state index contributed by atoms with van der Waals surface area (Å²) in [6, 6.07) is 4.56. The van der Waals surface area contributed by atoms with Crippen LogP contribution in [0.3, 0.4) is 0 Å². The smallest absolute Gasteiger partial charge is 0.460 e. The quantitative estimate of drug-likeness (QED) is 0.178. The molecule has 0 aliphatic heterocycles. The molecule has 0 radical (unpaired) electrons. The molecule has 1 aromatic carbocycles. The average molecular weight is 614 g/mol. The molecule has 0 saturated heterocycles. The Morgan fingerprint density at radius 3 is 1.18 bits per heavy atom. The number of aliphatic hydroxyl groups excluding tert-OH is 1. The second-order valence-corrected chi connectivity index (χ2v) is 7.64. The maximum absolute atomic E-state index is 13.8. The van der Waals surface area contributed by atoms with Crippen molar-refractivity contribution in [2.24, 2.45) is 0 Å². The van der Waals surface area contributed by atoms with Crippen molar-refractivity contribution in [1.82, 2.24) is 0 Å². The number of benzene rings is 1. The molecular weight excluding hydrogens is 599 g/mol. The number of aliphatic hydroxyl groups is 1. The lowest BCUT2D eigenvalue weighted by Gasteiger charge is -2.42. The molecule has 0 spiro atoms. The van der Waals surface area contributed by atoms with Crippen molar-refractivity contribution in [2.75, 3.05) is 19.8 Å². The highest BCUT2D eigenvalue weighted by Gasteiger charge is 2.95. The molecule has 1 N–H and O–H groups in total. The molecule has 0 bridgehead atoms. The molecule has 1 rings (SSSR count). The predicted molar refractivity (Wildman–Crippen MR) is 94.4 cm³/mol. The lowest BCUT2D eigenvalue weighted by molar-refractivity contribution is -0.461. The first-order valence-electron chi connectivity index (χ1n) is 9.94. The number of halogens is 17. The third-order valence-electron chi connectivity index (χ3n) is 4.87. The van der Waals surface area contributed by atoms with E-state index in [0.29, 0.717) is 0 Å². The zero-order valence-electron chi connectivity index (χ0n) is 18.5. The van der Waals surface area contributed by atoms with Gasteiger partial charge in [0.15, 0.2) is 0 Å². The monoisotopic (exact) mass is 614 g/mol. The maximum atomic E-state index is 13.8. The van der Waals surface area contributed by atoms with Crippen LogP contribution in [-0.4, -0.2) is 72.6 Å². The van der Waals surface area contributed by atoms with E-state index in [1.807, 2.05) is 0 Å². The van der Waals surface area contributed by atoms with E-state index in [-0.39, 0.29) is 24.7 Å². The largest absolute Gasteiger partial charge is 0.494 e. The van der Waals surface area contributed by atoms with E-state index in [0.717, 1.165) is 12.1 Å². The lowest BCUT2D eigenvalue weighted by Crippen LogP contribution is -2.74. The van der Waals surface area contributed by atoms with Gasteiger partial charge >= 0.3 is 47.6 Å². The van der Waals surface area contributed by atoms with Crippen LogP contribution >= 0.6 is 0 Å². The van der Waals surface area contributed by atoms with Gasteiger partial charge in [0, 0.05) is 6.42 Å². The number of hydrogen-bond acceptors (Lipinski definition) is 3. The van der Waals surface area contributed by atoms with Gasteiger partial charge in [-0.05, 0) is 30.7 Å². The molecule has 0 saturated carbocycles. The van der Waals surface area contributed by atoms with Gasteiger partial charge in [0.25, 0.3) is 0 Å². The minimum atomic E-state index is -8.64. The Balaban J connectivity index is 3.11. The average Bonchev–Trinajstić information content (AvgIpc) is 2.79. The van der Waals surface area contributed by atoms with Crippen LogP contribution in [0.25, 0.3) is 0 Å². The Morgan fingerprint density at radius 1 is 0.487 bits per heavy atom. The molecule has 0 aliphatic carbocycles. The van der Waals surface area contributed by atoms with Gasteiger partial charge in [-0.3, -0.25) is 0 Å². The maximum Gasteiger partial charge on any atom is 0.460 e. The summed E-state index contributed by atoms with van der Waals surface area (Å²) in [5, 5.41) is 8.59. The second-order valence-electron chi connectivity index (χ2n) is 7.64. The number of ether oxygens (including phenoxy) is 2. The van der Waals surface area contributed by atoms with E-state index >= 15 is 0 Å². The lowest BCUT2D eigenvalue weighted by atomic mass is 9.88. The van der Waals surface area contributed by atoms with Crippen molar-refractivity contribution in [1.29, 1.82) is 0 Å². The molecule has 0 heterocycles. The van der Waals surface area contributed by atoms with Crippen molar-refractivity contribution in [3.05, 3.63) is 24.3 Å². The van der Waals surface area contributed by atoms with E-state index in [1.165, 1.54) is 12.1 Å². The summed E-state index contributed by atoms with van der Waals surface area (Å²) < 4.78 is 234. The van der Waals surface area contributed by atoms with Crippen LogP contribution in [0.2, 0.25) is 0 Å². The van der Waals surface area contributed by atoms with E-state index < -0.39 is 67.1 Å². The van der Waals surface area contributed by atoms with Crippen LogP contribution in [0.5, 0.6) is 11.5 Å². The van der Waals surface area contributed by atoms with Crippen molar-refractivity contribution in [2.45, 2.75) is 60.5 Å². The van der Waals surface area contributed by atoms with Gasteiger partial charge in [0.2, 0.25) is 0 Å². The Kier molecular flexibility index (Phi) is 9.65. The molecule has 0 aliphatic rings. The summed E-state index contributed by atoms with van der Waals surface area (Å²) >= 11 is 0. The van der Waals surface area contributed by atoms with Gasteiger partial charge in [-0.1, -0.05) is 0 Å². The summed E-state index contributed by atoms with van der Waals surface area (Å²) in [7, 11) is 0. The topological polar surface area (TPSA) is 38.7 Å². The van der Waals surface area contributed by atoms with Crippen LogP contribution in [0.1, 0.15) is 12.8 Å². The highest BCUT2D eigenvalue weighted by atomic mass is 19.4. The van der Waals surface area contributed by atoms with Crippen molar-refractivity contribution < 1.29 is 89.2 Å². The van der Waals surface area contributed by atoms with Crippen LogP contribution in [-0.2, 0) is 0 Å². The zero-order chi connectivity index (χ0) is 30.9. The minimum Gasteiger partial charge on any atom is -0.494 e. The summed E-state index contributed by atoms with van der Waals surface area (Å²) in [5.74, 6) is -56.4. The zero-order valence-corrected chi connectivity index (χ0v) is 18.5. The molecule has 0 fully saturated rings. The molecule has 0 unspecified atom stereocenters. The third-order valence-corrected chi connectivity index (χ3v) is 4.87. The summed E-state index contributed by atoms with van der Waals surface area (Å²) in [6.07, 6.45) is -11.8. The van der Waals surface area contributed by atoms with E-state index in [9.17, 15) is 74.6 Å². The number of alkyl halides is 17. The standard InChI is InChI=1S/C19H15F17O3/c20-12(21,6-1-8-38-10-2-4-11(5-3-10)39-9-7-37)13(22,23)14(24,25)15(26,27)16(28,29)17(30,31)18(32,33)19(34,35)36/h2-5,37H,1,6-9H2. The van der Waals surface area contributed by atoms with Gasteiger partial charge in [-0.25, -0.2) is 0 Å². The fourth-order valence-corrected chi connectivity index (χ4v) is 2.63. The minimum absolute atomic E-state index is 0.137. The molecule has 20 heteroatoms. The molecule has 228 valence electrons. The predicted octanol–water partition coefficient (Wildman–Crippen LogP) is 7.23. The van der Waals surface area contributed by atoms with E-state index in [1.54, 1.807) is 0 Å². The van der Waals surface area contributed by atoms with Crippen molar-refractivity contribution in [3.8, 4) is 11.5 Å². The van der Waals surface area contributed by atoms with Crippen LogP contribution in [0.4, 0.5) is 74.6 Å². The van der Waals surface area contributed by atoms with Crippen LogP contribution < -0.4 is 9.47 Å². The molecule has 0 aromatic heterocycles. The van der Waals surface area contributed by atoms with Gasteiger partial charge in [0.05, 0.1) is 13.2 Å². The molecule has 39 heavy (non-hydrogen) atoms. The first kappa shape index (κ1) is 34.6. The van der Waals surface area contributed by atoms with Gasteiger partial charge in [-0.2, -0.15) is 74.6 Å². The fourth-order valence-electron chi connectivity index (χ4n) is 2.63. The van der Waals surface area contributed by atoms with Gasteiger partial charge in [0.1, 0.15) is 18.1 Å². The first-order valence-corrected chi connectivity index (χ1v) is 9.94. The van der Waals surface area contributed by atoms with E-state index in [2.05, 4.69) is 0 Å². The molecule has 3 nitrogen and oxygen atoms in total. The SMILES string of the molecule is OCCOc1ccc(OCCCC(F)(F)C(F)(F)C(F)(F)C(F)(F)C(F)(F)C(F)(F)C(F)(F)C(F)(F)F)cc1. The van der Waals surface area contributed by atoms with E-state index in [4.69, 9.17) is 14.6 Å². The van der Waals surface area contributed by atoms with Crippen LogP contribution in [0.15, 0.2) is 24.3 Å². The fraction of sp³-hybridized carbons (Fsp3) is 0.684. The Morgan fingerprint density at radius 2 is 0.821 bits per heavy atom. The molecular formula is C19H15F17O3. The van der Waals surface area contributed by atoms with Gasteiger partial charge in [-0.15, -0.1) is 0 Å². The molecule has 1 aromatic rings.